The van der Waals surface area contributed by atoms with Crippen molar-refractivity contribution in [3.8, 4) is 0 Å². The summed E-state index contributed by atoms with van der Waals surface area (Å²) in [6.45, 7) is 0. The zero-order valence-corrected chi connectivity index (χ0v) is 13.4. The summed E-state index contributed by atoms with van der Waals surface area (Å²) in [4.78, 5) is 25.8. The Kier molecular flexibility index (Phi) is 4.77. The van der Waals surface area contributed by atoms with Gasteiger partial charge in [-0.05, 0) is 29.7 Å². The van der Waals surface area contributed by atoms with Gasteiger partial charge in [0, 0.05) is 5.02 Å². The highest BCUT2D eigenvalue weighted by atomic mass is 35.5. The van der Waals surface area contributed by atoms with Gasteiger partial charge in [-0.3, -0.25) is 9.78 Å². The first-order valence-corrected chi connectivity index (χ1v) is 7.74. The number of rotatable bonds is 5. The fraction of sp³-hybridized carbons (Fsp3) is 0.118. The fourth-order valence-corrected chi connectivity index (χ4v) is 2.53. The van der Waals surface area contributed by atoms with E-state index in [0.717, 1.165) is 11.1 Å². The van der Waals surface area contributed by atoms with Gasteiger partial charge >= 0.3 is 5.69 Å². The van der Waals surface area contributed by atoms with Crippen molar-refractivity contribution in [2.75, 3.05) is 0 Å². The molecule has 0 bridgehead atoms. The lowest BCUT2D eigenvalue weighted by Crippen LogP contribution is -2.31. The number of aromatic nitrogens is 3. The van der Waals surface area contributed by atoms with E-state index < -0.39 is 11.6 Å². The van der Waals surface area contributed by atoms with Crippen LogP contribution >= 0.6 is 11.6 Å². The fourth-order valence-electron chi connectivity index (χ4n) is 2.40. The van der Waals surface area contributed by atoms with Gasteiger partial charge in [0.1, 0.15) is 0 Å². The molecule has 0 aliphatic heterocycles. The third-order valence-corrected chi connectivity index (χ3v) is 3.83. The Hall–Kier alpha value is -2.86. The molecule has 3 rings (SSSR count). The number of hydrogen-bond donors (Lipinski definition) is 3. The van der Waals surface area contributed by atoms with Gasteiger partial charge in [0.25, 0.3) is 5.91 Å². The van der Waals surface area contributed by atoms with E-state index >= 15 is 0 Å². The number of carbonyl (C=O) groups excluding carboxylic acids is 1. The minimum Gasteiger partial charge on any atom is -0.342 e. The molecule has 1 amide bonds. The van der Waals surface area contributed by atoms with E-state index in [1.54, 1.807) is 12.1 Å². The zero-order chi connectivity index (χ0) is 16.9. The Morgan fingerprint density at radius 3 is 2.46 bits per heavy atom. The molecule has 0 saturated carbocycles. The number of amides is 1. The van der Waals surface area contributed by atoms with Crippen LogP contribution in [0, 0.1) is 0 Å². The molecular formula is C17H15ClN4O2. The van der Waals surface area contributed by atoms with Crippen molar-refractivity contribution in [2.24, 2.45) is 0 Å². The monoisotopic (exact) mass is 342 g/mol. The first-order valence-electron chi connectivity index (χ1n) is 7.37. The summed E-state index contributed by atoms with van der Waals surface area (Å²) in [7, 11) is 0. The zero-order valence-electron chi connectivity index (χ0n) is 12.6. The van der Waals surface area contributed by atoms with Crippen LogP contribution in [0.25, 0.3) is 0 Å². The minimum atomic E-state index is -0.522. The van der Waals surface area contributed by atoms with Crippen LogP contribution in [0.4, 0.5) is 0 Å². The van der Waals surface area contributed by atoms with Gasteiger partial charge in [-0.25, -0.2) is 9.89 Å². The molecule has 7 heteroatoms. The van der Waals surface area contributed by atoms with Gasteiger partial charge in [0.2, 0.25) is 5.82 Å². The summed E-state index contributed by atoms with van der Waals surface area (Å²) >= 11 is 5.94. The number of benzene rings is 2. The van der Waals surface area contributed by atoms with Crippen LogP contribution in [-0.4, -0.2) is 21.1 Å². The third-order valence-electron chi connectivity index (χ3n) is 3.58. The predicted molar refractivity (Wildman–Crippen MR) is 91.0 cm³/mol. The van der Waals surface area contributed by atoms with Crippen LogP contribution < -0.4 is 11.0 Å². The topological polar surface area (TPSA) is 90.6 Å². The number of aromatic amines is 2. The van der Waals surface area contributed by atoms with Gasteiger partial charge in [-0.15, -0.1) is 5.10 Å². The molecule has 0 aliphatic carbocycles. The summed E-state index contributed by atoms with van der Waals surface area (Å²) in [5.41, 5.74) is 1.47. The average molecular weight is 343 g/mol. The van der Waals surface area contributed by atoms with Gasteiger partial charge in [-0.1, -0.05) is 54.1 Å². The maximum atomic E-state index is 12.3. The van der Waals surface area contributed by atoms with E-state index in [1.807, 2.05) is 42.5 Å². The molecular weight excluding hydrogens is 328 g/mol. The van der Waals surface area contributed by atoms with Crippen LogP contribution in [0.15, 0.2) is 59.4 Å². The number of H-pyrrole nitrogens is 2. The van der Waals surface area contributed by atoms with Crippen LogP contribution in [0.5, 0.6) is 0 Å². The SMILES string of the molecule is O=C(NC(Cc1ccccc1)c1ccc(Cl)cc1)c1n[nH]c(=O)[nH]1. The normalized spacial score (nSPS) is 11.9. The van der Waals surface area contributed by atoms with Crippen molar-refractivity contribution in [3.05, 3.63) is 87.1 Å². The van der Waals surface area contributed by atoms with Crippen molar-refractivity contribution < 1.29 is 4.79 Å². The smallest absolute Gasteiger partial charge is 0.341 e. The molecule has 0 radical (unpaired) electrons. The average Bonchev–Trinajstić information content (AvgIpc) is 3.02. The highest BCUT2D eigenvalue weighted by Gasteiger charge is 2.18. The van der Waals surface area contributed by atoms with Gasteiger partial charge < -0.3 is 5.32 Å². The summed E-state index contributed by atoms with van der Waals surface area (Å²) in [6.07, 6.45) is 0.600. The van der Waals surface area contributed by atoms with E-state index in [-0.39, 0.29) is 11.9 Å². The largest absolute Gasteiger partial charge is 0.342 e. The number of halogens is 1. The Balaban J connectivity index is 1.85. The molecule has 1 heterocycles. The second-order valence-electron chi connectivity index (χ2n) is 5.29. The molecule has 24 heavy (non-hydrogen) atoms. The lowest BCUT2D eigenvalue weighted by molar-refractivity contribution is 0.0926. The van der Waals surface area contributed by atoms with E-state index in [9.17, 15) is 9.59 Å². The summed E-state index contributed by atoms with van der Waals surface area (Å²) in [6, 6.07) is 16.8. The molecule has 0 aliphatic rings. The maximum Gasteiger partial charge on any atom is 0.341 e. The van der Waals surface area contributed by atoms with Crippen LogP contribution in [0.3, 0.4) is 0 Å². The van der Waals surface area contributed by atoms with Crippen molar-refractivity contribution in [1.29, 1.82) is 0 Å². The lowest BCUT2D eigenvalue weighted by Gasteiger charge is -2.19. The Morgan fingerprint density at radius 2 is 1.83 bits per heavy atom. The van der Waals surface area contributed by atoms with E-state index in [0.29, 0.717) is 11.4 Å². The van der Waals surface area contributed by atoms with Crippen LogP contribution in [0.1, 0.15) is 27.8 Å². The quantitative estimate of drug-likeness (QED) is 0.665. The molecule has 0 saturated heterocycles. The molecule has 6 nitrogen and oxygen atoms in total. The number of nitrogens with one attached hydrogen (secondary N) is 3. The Morgan fingerprint density at radius 1 is 1.12 bits per heavy atom. The van der Waals surface area contributed by atoms with Crippen molar-refractivity contribution in [1.82, 2.24) is 20.5 Å². The Bertz CT molecular complexity index is 871. The second kappa shape index (κ2) is 7.14. The maximum absolute atomic E-state index is 12.3. The second-order valence-corrected chi connectivity index (χ2v) is 5.73. The number of nitrogens with zero attached hydrogens (tertiary/aromatic N) is 1. The summed E-state index contributed by atoms with van der Waals surface area (Å²) in [5, 5.41) is 9.36. The van der Waals surface area contributed by atoms with Crippen LogP contribution in [0.2, 0.25) is 5.02 Å². The summed E-state index contributed by atoms with van der Waals surface area (Å²) in [5.74, 6) is -0.503. The minimum absolute atomic E-state index is 0.0491. The molecule has 2 aromatic carbocycles. The first-order chi connectivity index (χ1) is 11.6. The van der Waals surface area contributed by atoms with E-state index in [2.05, 4.69) is 20.5 Å². The molecule has 1 atom stereocenters. The van der Waals surface area contributed by atoms with Crippen molar-refractivity contribution in [2.45, 2.75) is 12.5 Å². The first kappa shape index (κ1) is 16.0. The van der Waals surface area contributed by atoms with Gasteiger partial charge in [0.15, 0.2) is 0 Å². The van der Waals surface area contributed by atoms with Crippen LogP contribution in [-0.2, 0) is 6.42 Å². The molecule has 0 fully saturated rings. The molecule has 3 aromatic rings. The van der Waals surface area contributed by atoms with Gasteiger partial charge in [-0.2, -0.15) is 0 Å². The highest BCUT2D eigenvalue weighted by Crippen LogP contribution is 2.21. The molecule has 1 aromatic heterocycles. The number of hydrogen-bond acceptors (Lipinski definition) is 3. The van der Waals surface area contributed by atoms with E-state index in [4.69, 9.17) is 11.6 Å². The standard InChI is InChI=1S/C17H15ClN4O2/c18-13-8-6-12(7-9-13)14(10-11-4-2-1-3-5-11)19-16(23)15-20-17(24)22-21-15/h1-9,14H,10H2,(H,19,23)(H2,20,21,22,24). The van der Waals surface area contributed by atoms with Crippen molar-refractivity contribution in [3.63, 3.8) is 0 Å². The third kappa shape index (κ3) is 3.91. The van der Waals surface area contributed by atoms with Crippen molar-refractivity contribution >= 4 is 17.5 Å². The van der Waals surface area contributed by atoms with Gasteiger partial charge in [0.05, 0.1) is 6.04 Å². The molecule has 1 unspecified atom stereocenters. The number of carbonyl (C=O) groups is 1. The molecule has 3 N–H and O–H groups in total. The molecule has 122 valence electrons. The lowest BCUT2D eigenvalue weighted by atomic mass is 9.99. The summed E-state index contributed by atoms with van der Waals surface area (Å²) < 4.78 is 0. The van der Waals surface area contributed by atoms with E-state index in [1.165, 1.54) is 0 Å². The Labute approximate surface area is 142 Å². The molecule has 0 spiro atoms. The predicted octanol–water partition coefficient (Wildman–Crippen LogP) is 2.47. The highest BCUT2D eigenvalue weighted by molar-refractivity contribution is 6.30.